The highest BCUT2D eigenvalue weighted by atomic mass is 35.5. The van der Waals surface area contributed by atoms with Gasteiger partial charge in [-0.15, -0.1) is 0 Å². The Morgan fingerprint density at radius 1 is 1.19 bits per heavy atom. The van der Waals surface area contributed by atoms with Crippen LogP contribution in [0.5, 0.6) is 0 Å². The van der Waals surface area contributed by atoms with E-state index in [0.717, 1.165) is 0 Å². The molecule has 92 valence electrons. The Morgan fingerprint density at radius 2 is 1.69 bits per heavy atom. The smallest absolute Gasteiger partial charge is 0.339 e. The van der Waals surface area contributed by atoms with Crippen molar-refractivity contribution < 1.29 is 19.1 Å². The van der Waals surface area contributed by atoms with Crippen molar-refractivity contribution >= 4 is 35.1 Å². The van der Waals surface area contributed by atoms with E-state index in [1.54, 1.807) is 6.92 Å². The second-order valence-electron chi connectivity index (χ2n) is 3.09. The van der Waals surface area contributed by atoms with Crippen LogP contribution in [0.25, 0.3) is 0 Å². The number of carbonyl (C=O) groups excluding carboxylic acids is 2. The van der Waals surface area contributed by atoms with Gasteiger partial charge in [0.25, 0.3) is 0 Å². The number of hydrogen-bond acceptors (Lipinski definition) is 4. The Labute approximate surface area is 104 Å². The zero-order valence-electron chi connectivity index (χ0n) is 9.00. The van der Waals surface area contributed by atoms with Crippen molar-refractivity contribution in [1.29, 1.82) is 0 Å². The average Bonchev–Trinajstić information content (AvgIpc) is 2.21. The van der Waals surface area contributed by atoms with Crippen molar-refractivity contribution in [2.24, 2.45) is 0 Å². The molecule has 0 aliphatic carbocycles. The molecule has 0 radical (unpaired) electrons. The standard InChI is InChI=1S/C10H14Cl2O4/c1-7(2)9(13)15-5-3-4-6-16-10(14)8(11)12/h8H,1,3-6H2,2H3. The summed E-state index contributed by atoms with van der Waals surface area (Å²) in [5, 5.41) is 0. The molecule has 0 fully saturated rings. The van der Waals surface area contributed by atoms with Crippen LogP contribution in [0.2, 0.25) is 0 Å². The molecule has 0 heterocycles. The maximum absolute atomic E-state index is 10.9. The molecule has 0 aliphatic rings. The quantitative estimate of drug-likeness (QED) is 0.308. The van der Waals surface area contributed by atoms with Gasteiger partial charge in [-0.3, -0.25) is 0 Å². The van der Waals surface area contributed by atoms with Gasteiger partial charge in [-0.2, -0.15) is 0 Å². The summed E-state index contributed by atoms with van der Waals surface area (Å²) in [6.45, 7) is 5.49. The molecule has 0 aliphatic heterocycles. The summed E-state index contributed by atoms with van der Waals surface area (Å²) in [5.41, 5.74) is 0.360. The molecule has 0 rings (SSSR count). The summed E-state index contributed by atoms with van der Waals surface area (Å²) in [6, 6.07) is 0. The van der Waals surface area contributed by atoms with E-state index in [4.69, 9.17) is 32.7 Å². The first-order valence-corrected chi connectivity index (χ1v) is 5.60. The van der Waals surface area contributed by atoms with E-state index in [1.807, 2.05) is 0 Å². The number of hydrogen-bond donors (Lipinski definition) is 0. The number of ether oxygens (including phenoxy) is 2. The molecule has 4 nitrogen and oxygen atoms in total. The van der Waals surface area contributed by atoms with Gasteiger partial charge in [0.1, 0.15) is 0 Å². The average molecular weight is 269 g/mol. The van der Waals surface area contributed by atoms with Crippen LogP contribution in [0.15, 0.2) is 12.2 Å². The molecule has 0 bridgehead atoms. The molecule has 0 spiro atoms. The van der Waals surface area contributed by atoms with Gasteiger partial charge in [0, 0.05) is 5.57 Å². The van der Waals surface area contributed by atoms with Gasteiger partial charge in [0.05, 0.1) is 13.2 Å². The van der Waals surface area contributed by atoms with Gasteiger partial charge in [-0.25, -0.2) is 9.59 Å². The third kappa shape index (κ3) is 7.54. The van der Waals surface area contributed by atoms with E-state index in [-0.39, 0.29) is 13.2 Å². The predicted molar refractivity (Wildman–Crippen MR) is 61.5 cm³/mol. The van der Waals surface area contributed by atoms with Crippen molar-refractivity contribution in [1.82, 2.24) is 0 Å². The lowest BCUT2D eigenvalue weighted by atomic mass is 10.3. The predicted octanol–water partition coefficient (Wildman–Crippen LogP) is 2.23. The Balaban J connectivity index is 3.38. The van der Waals surface area contributed by atoms with Gasteiger partial charge in [-0.05, 0) is 19.8 Å². The highest BCUT2D eigenvalue weighted by Crippen LogP contribution is 2.04. The van der Waals surface area contributed by atoms with Crippen LogP contribution >= 0.6 is 23.2 Å². The SMILES string of the molecule is C=C(C)C(=O)OCCCCOC(=O)C(Cl)Cl. The van der Waals surface area contributed by atoms with Gasteiger partial charge < -0.3 is 9.47 Å². The zero-order chi connectivity index (χ0) is 12.6. The Kier molecular flexibility index (Phi) is 8.03. The third-order valence-electron chi connectivity index (χ3n) is 1.54. The summed E-state index contributed by atoms with van der Waals surface area (Å²) >= 11 is 10.5. The van der Waals surface area contributed by atoms with Crippen molar-refractivity contribution in [3.05, 3.63) is 12.2 Å². The topological polar surface area (TPSA) is 52.6 Å². The highest BCUT2D eigenvalue weighted by Gasteiger charge is 2.12. The molecular weight excluding hydrogens is 255 g/mol. The zero-order valence-corrected chi connectivity index (χ0v) is 10.5. The number of halogens is 2. The Morgan fingerprint density at radius 3 is 2.12 bits per heavy atom. The van der Waals surface area contributed by atoms with E-state index in [0.29, 0.717) is 18.4 Å². The Hall–Kier alpha value is -0.740. The molecule has 0 saturated carbocycles. The van der Waals surface area contributed by atoms with Crippen molar-refractivity contribution in [2.75, 3.05) is 13.2 Å². The van der Waals surface area contributed by atoms with E-state index >= 15 is 0 Å². The van der Waals surface area contributed by atoms with Crippen LogP contribution in [0.3, 0.4) is 0 Å². The molecule has 0 N–H and O–H groups in total. The van der Waals surface area contributed by atoms with E-state index in [2.05, 4.69) is 6.58 Å². The number of unbranched alkanes of at least 4 members (excludes halogenated alkanes) is 1. The molecule has 0 aromatic rings. The van der Waals surface area contributed by atoms with Crippen molar-refractivity contribution in [2.45, 2.75) is 24.6 Å². The van der Waals surface area contributed by atoms with E-state index in [9.17, 15) is 9.59 Å². The minimum Gasteiger partial charge on any atom is -0.464 e. The summed E-state index contributed by atoms with van der Waals surface area (Å²) in [6.07, 6.45) is 1.18. The monoisotopic (exact) mass is 268 g/mol. The molecule has 0 unspecified atom stereocenters. The van der Waals surface area contributed by atoms with Gasteiger partial charge in [0.2, 0.25) is 4.84 Å². The van der Waals surface area contributed by atoms with Crippen LogP contribution in [0, 0.1) is 0 Å². The normalized spacial score (nSPS) is 10.0. The molecular formula is C10H14Cl2O4. The molecule has 16 heavy (non-hydrogen) atoms. The minimum atomic E-state index is -1.15. The molecule has 6 heteroatoms. The van der Waals surface area contributed by atoms with Gasteiger partial charge in [0.15, 0.2) is 0 Å². The maximum atomic E-state index is 10.9. The summed E-state index contributed by atoms with van der Waals surface area (Å²) in [5.74, 6) is -1.08. The first-order valence-electron chi connectivity index (χ1n) is 4.72. The number of esters is 2. The third-order valence-corrected chi connectivity index (χ3v) is 1.90. The fraction of sp³-hybridized carbons (Fsp3) is 0.600. The van der Waals surface area contributed by atoms with Gasteiger partial charge in [-0.1, -0.05) is 29.8 Å². The lowest BCUT2D eigenvalue weighted by Crippen LogP contribution is -2.13. The largest absolute Gasteiger partial charge is 0.464 e. The van der Waals surface area contributed by atoms with Gasteiger partial charge >= 0.3 is 11.9 Å². The number of rotatable bonds is 7. The summed E-state index contributed by atoms with van der Waals surface area (Å²) in [4.78, 5) is 20.6. The fourth-order valence-electron chi connectivity index (χ4n) is 0.728. The summed E-state index contributed by atoms with van der Waals surface area (Å²) < 4.78 is 9.52. The van der Waals surface area contributed by atoms with Crippen molar-refractivity contribution in [3.8, 4) is 0 Å². The second kappa shape index (κ2) is 8.42. The van der Waals surface area contributed by atoms with Crippen LogP contribution in [0.1, 0.15) is 19.8 Å². The second-order valence-corrected chi connectivity index (χ2v) is 4.19. The molecule has 0 amide bonds. The van der Waals surface area contributed by atoms with Crippen LogP contribution in [-0.4, -0.2) is 30.0 Å². The number of alkyl halides is 2. The molecule has 0 aromatic heterocycles. The van der Waals surface area contributed by atoms with Crippen LogP contribution < -0.4 is 0 Å². The van der Waals surface area contributed by atoms with Crippen molar-refractivity contribution in [3.63, 3.8) is 0 Å². The fourth-order valence-corrected chi connectivity index (χ4v) is 0.854. The first kappa shape index (κ1) is 15.3. The molecule has 0 saturated heterocycles. The van der Waals surface area contributed by atoms with Crippen LogP contribution in [-0.2, 0) is 19.1 Å². The van der Waals surface area contributed by atoms with E-state index in [1.165, 1.54) is 0 Å². The summed E-state index contributed by atoms with van der Waals surface area (Å²) in [7, 11) is 0. The van der Waals surface area contributed by atoms with Crippen LogP contribution in [0.4, 0.5) is 0 Å². The maximum Gasteiger partial charge on any atom is 0.339 e. The lowest BCUT2D eigenvalue weighted by Gasteiger charge is -2.05. The first-order chi connectivity index (χ1) is 7.45. The number of carbonyl (C=O) groups is 2. The molecule has 0 atom stereocenters. The lowest BCUT2D eigenvalue weighted by molar-refractivity contribution is -0.143. The highest BCUT2D eigenvalue weighted by molar-refractivity contribution is 6.52. The minimum absolute atomic E-state index is 0.208. The Bertz CT molecular complexity index is 264. The van der Waals surface area contributed by atoms with E-state index < -0.39 is 16.8 Å². The molecule has 0 aromatic carbocycles.